The largest absolute Gasteiger partial charge is 0.452 e. The van der Waals surface area contributed by atoms with Gasteiger partial charge in [-0.1, -0.05) is 0 Å². The fourth-order valence-electron chi connectivity index (χ4n) is 1.89. The predicted octanol–water partition coefficient (Wildman–Crippen LogP) is -0.631. The lowest BCUT2D eigenvalue weighted by Gasteiger charge is -2.24. The van der Waals surface area contributed by atoms with Crippen LogP contribution in [-0.2, 0) is 23.1 Å². The summed E-state index contributed by atoms with van der Waals surface area (Å²) in [4.78, 5) is 11.3. The minimum Gasteiger partial charge on any atom is -0.452 e. The number of fused-ring (bicyclic) bond motifs is 1. The van der Waals surface area contributed by atoms with Gasteiger partial charge in [-0.2, -0.15) is 9.40 Å². The summed E-state index contributed by atoms with van der Waals surface area (Å²) in [6.45, 7) is 0.557. The van der Waals surface area contributed by atoms with Crippen LogP contribution in [-0.4, -0.2) is 34.0 Å². The van der Waals surface area contributed by atoms with Crippen molar-refractivity contribution < 1.29 is 12.8 Å². The maximum atomic E-state index is 12.2. The Labute approximate surface area is 102 Å². The molecule has 0 bridgehead atoms. The van der Waals surface area contributed by atoms with Gasteiger partial charge in [0.05, 0.1) is 12.8 Å². The van der Waals surface area contributed by atoms with Crippen molar-refractivity contribution in [3.63, 3.8) is 0 Å². The molecule has 9 heteroatoms. The SMILES string of the molecule is O=c1[nH]nc2n1CCN(S(=O)(=O)c1ccco1)C2. The van der Waals surface area contributed by atoms with Gasteiger partial charge in [-0.05, 0) is 12.1 Å². The van der Waals surface area contributed by atoms with E-state index in [0.29, 0.717) is 5.82 Å². The predicted molar refractivity (Wildman–Crippen MR) is 59.2 cm³/mol. The van der Waals surface area contributed by atoms with Crippen molar-refractivity contribution in [2.24, 2.45) is 0 Å². The highest BCUT2D eigenvalue weighted by molar-refractivity contribution is 7.89. The molecule has 1 aliphatic rings. The topological polar surface area (TPSA) is 101 Å². The lowest BCUT2D eigenvalue weighted by Crippen LogP contribution is -2.40. The van der Waals surface area contributed by atoms with Crippen LogP contribution in [0.5, 0.6) is 0 Å². The van der Waals surface area contributed by atoms with E-state index in [1.165, 1.54) is 27.3 Å². The van der Waals surface area contributed by atoms with E-state index in [1.54, 1.807) is 0 Å². The van der Waals surface area contributed by atoms with Gasteiger partial charge in [-0.25, -0.2) is 18.3 Å². The molecule has 18 heavy (non-hydrogen) atoms. The summed E-state index contributed by atoms with van der Waals surface area (Å²) in [5.74, 6) is 0.404. The maximum absolute atomic E-state index is 12.2. The van der Waals surface area contributed by atoms with Gasteiger partial charge in [-0.15, -0.1) is 0 Å². The van der Waals surface area contributed by atoms with Crippen LogP contribution >= 0.6 is 0 Å². The van der Waals surface area contributed by atoms with Gasteiger partial charge in [0, 0.05) is 13.1 Å². The number of aromatic nitrogens is 3. The van der Waals surface area contributed by atoms with Crippen molar-refractivity contribution in [3.05, 3.63) is 34.7 Å². The Hall–Kier alpha value is -1.87. The van der Waals surface area contributed by atoms with Crippen LogP contribution in [0.15, 0.2) is 32.7 Å². The Kier molecular flexibility index (Phi) is 2.38. The lowest BCUT2D eigenvalue weighted by molar-refractivity contribution is 0.320. The molecule has 3 heterocycles. The average molecular weight is 270 g/mol. The molecule has 0 amide bonds. The minimum atomic E-state index is -3.65. The second-order valence-corrected chi connectivity index (χ2v) is 5.74. The molecule has 8 nitrogen and oxygen atoms in total. The Balaban J connectivity index is 1.95. The number of rotatable bonds is 2. The number of aromatic amines is 1. The zero-order valence-corrected chi connectivity index (χ0v) is 10.1. The van der Waals surface area contributed by atoms with Crippen molar-refractivity contribution in [1.29, 1.82) is 0 Å². The third-order valence-electron chi connectivity index (χ3n) is 2.82. The third kappa shape index (κ3) is 1.59. The van der Waals surface area contributed by atoms with E-state index < -0.39 is 10.0 Å². The van der Waals surface area contributed by atoms with E-state index in [1.807, 2.05) is 0 Å². The van der Waals surface area contributed by atoms with E-state index in [2.05, 4.69) is 10.2 Å². The molecule has 96 valence electrons. The molecule has 2 aromatic rings. The van der Waals surface area contributed by atoms with Gasteiger partial charge in [0.15, 0.2) is 0 Å². The number of nitrogens with one attached hydrogen (secondary N) is 1. The fraction of sp³-hybridized carbons (Fsp3) is 0.333. The summed E-state index contributed by atoms with van der Waals surface area (Å²) >= 11 is 0. The van der Waals surface area contributed by atoms with Crippen LogP contribution in [0.2, 0.25) is 0 Å². The second kappa shape index (κ2) is 3.82. The fourth-order valence-corrected chi connectivity index (χ4v) is 3.18. The van der Waals surface area contributed by atoms with Crippen LogP contribution in [0.3, 0.4) is 0 Å². The summed E-state index contributed by atoms with van der Waals surface area (Å²) in [6, 6.07) is 2.91. The zero-order chi connectivity index (χ0) is 12.8. The van der Waals surface area contributed by atoms with Crippen LogP contribution in [0.4, 0.5) is 0 Å². The monoisotopic (exact) mass is 270 g/mol. The Morgan fingerprint density at radius 1 is 1.39 bits per heavy atom. The molecule has 0 aromatic carbocycles. The number of hydrogen-bond donors (Lipinski definition) is 1. The summed E-state index contributed by atoms with van der Waals surface area (Å²) in [5.41, 5.74) is -0.319. The number of nitrogens with zero attached hydrogens (tertiary/aromatic N) is 3. The van der Waals surface area contributed by atoms with Gasteiger partial charge >= 0.3 is 5.69 Å². The van der Waals surface area contributed by atoms with Crippen LogP contribution in [0.1, 0.15) is 5.82 Å². The molecule has 0 aliphatic carbocycles. The molecule has 0 saturated carbocycles. The molecule has 0 unspecified atom stereocenters. The zero-order valence-electron chi connectivity index (χ0n) is 9.24. The Morgan fingerprint density at radius 3 is 2.94 bits per heavy atom. The highest BCUT2D eigenvalue weighted by atomic mass is 32.2. The first-order valence-corrected chi connectivity index (χ1v) is 6.71. The summed E-state index contributed by atoms with van der Waals surface area (Å²) in [5, 5.41) is 5.99. The Bertz CT molecular complexity index is 712. The first-order valence-electron chi connectivity index (χ1n) is 5.27. The van der Waals surface area contributed by atoms with Gasteiger partial charge < -0.3 is 4.42 Å². The third-order valence-corrected chi connectivity index (χ3v) is 4.55. The summed E-state index contributed by atoms with van der Waals surface area (Å²) in [6.07, 6.45) is 1.31. The Morgan fingerprint density at radius 2 is 2.22 bits per heavy atom. The van der Waals surface area contributed by atoms with E-state index in [0.717, 1.165) is 0 Å². The summed E-state index contributed by atoms with van der Waals surface area (Å²) in [7, 11) is -3.65. The molecule has 0 radical (unpaired) electrons. The molecule has 3 rings (SSSR count). The van der Waals surface area contributed by atoms with E-state index in [-0.39, 0.29) is 30.4 Å². The smallest absolute Gasteiger partial charge is 0.343 e. The molecule has 0 atom stereocenters. The standard InChI is InChI=1S/C9H10N4O4S/c14-9-11-10-7-6-12(3-4-13(7)9)18(15,16)8-2-1-5-17-8/h1-2,5H,3-4,6H2,(H,11,14). The highest BCUT2D eigenvalue weighted by Gasteiger charge is 2.31. The maximum Gasteiger partial charge on any atom is 0.343 e. The van der Waals surface area contributed by atoms with Gasteiger partial charge in [0.25, 0.3) is 10.0 Å². The number of furan rings is 1. The number of sulfonamides is 1. The second-order valence-electron chi connectivity index (χ2n) is 3.87. The van der Waals surface area contributed by atoms with E-state index >= 15 is 0 Å². The normalized spacial score (nSPS) is 16.7. The molecule has 0 fully saturated rings. The lowest BCUT2D eigenvalue weighted by atomic mass is 10.4. The molecule has 1 N–H and O–H groups in total. The van der Waals surface area contributed by atoms with Crippen LogP contribution in [0.25, 0.3) is 0 Å². The van der Waals surface area contributed by atoms with Gasteiger partial charge in [0.2, 0.25) is 5.09 Å². The highest BCUT2D eigenvalue weighted by Crippen LogP contribution is 2.19. The van der Waals surface area contributed by atoms with Crippen molar-refractivity contribution in [1.82, 2.24) is 19.1 Å². The number of hydrogen-bond acceptors (Lipinski definition) is 5. The first-order chi connectivity index (χ1) is 8.59. The summed E-state index contributed by atoms with van der Waals surface area (Å²) < 4.78 is 31.9. The van der Waals surface area contributed by atoms with Crippen molar-refractivity contribution in [2.75, 3.05) is 6.54 Å². The molecule has 2 aromatic heterocycles. The van der Waals surface area contributed by atoms with Gasteiger partial charge in [0.1, 0.15) is 5.82 Å². The molecular weight excluding hydrogens is 260 g/mol. The van der Waals surface area contributed by atoms with Gasteiger partial charge in [-0.3, -0.25) is 4.57 Å². The first kappa shape index (κ1) is 11.2. The quantitative estimate of drug-likeness (QED) is 0.782. The van der Waals surface area contributed by atoms with Crippen molar-refractivity contribution in [3.8, 4) is 0 Å². The molecule has 1 aliphatic heterocycles. The van der Waals surface area contributed by atoms with E-state index in [9.17, 15) is 13.2 Å². The van der Waals surface area contributed by atoms with Crippen molar-refractivity contribution >= 4 is 10.0 Å². The minimum absolute atomic E-state index is 0.0573. The van der Waals surface area contributed by atoms with E-state index in [4.69, 9.17) is 4.42 Å². The van der Waals surface area contributed by atoms with Crippen LogP contribution in [0, 0.1) is 0 Å². The van der Waals surface area contributed by atoms with Crippen LogP contribution < -0.4 is 5.69 Å². The number of H-pyrrole nitrogens is 1. The molecule has 0 spiro atoms. The van der Waals surface area contributed by atoms with Crippen molar-refractivity contribution in [2.45, 2.75) is 18.2 Å². The molecular formula is C9H10N4O4S. The average Bonchev–Trinajstić information content (AvgIpc) is 2.99. The molecule has 0 saturated heterocycles.